The number of halogens is 1. The van der Waals surface area contributed by atoms with Crippen LogP contribution >= 0.6 is 11.3 Å². The second kappa shape index (κ2) is 3.64. The van der Waals surface area contributed by atoms with Gasteiger partial charge in [-0.05, 0) is 11.6 Å². The molecule has 2 N–H and O–H groups in total. The van der Waals surface area contributed by atoms with Crippen LogP contribution in [0.15, 0.2) is 6.07 Å². The first-order valence-electron chi connectivity index (χ1n) is 3.25. The van der Waals surface area contributed by atoms with E-state index in [1.54, 1.807) is 0 Å². The zero-order valence-electron chi connectivity index (χ0n) is 6.46. The van der Waals surface area contributed by atoms with Crippen molar-refractivity contribution in [2.75, 3.05) is 7.11 Å². The van der Waals surface area contributed by atoms with Crippen LogP contribution in [0, 0.1) is 5.13 Å². The van der Waals surface area contributed by atoms with Crippen molar-refractivity contribution >= 4 is 17.3 Å². The molecule has 5 heteroatoms. The highest BCUT2D eigenvalue weighted by molar-refractivity contribution is 7.12. The molecule has 1 aromatic rings. The topological polar surface area (TPSA) is 52.3 Å². The van der Waals surface area contributed by atoms with E-state index in [2.05, 4.69) is 4.74 Å². The summed E-state index contributed by atoms with van der Waals surface area (Å²) in [7, 11) is 1.25. The molecule has 0 spiro atoms. The number of nitrogens with two attached hydrogens (primary N) is 1. The lowest BCUT2D eigenvalue weighted by atomic mass is 10.2. The summed E-state index contributed by atoms with van der Waals surface area (Å²) in [5.74, 6) is -0.538. The molecule has 0 fully saturated rings. The third-order valence-corrected chi connectivity index (χ3v) is 2.32. The third kappa shape index (κ3) is 1.62. The highest BCUT2D eigenvalue weighted by Crippen LogP contribution is 2.21. The number of thiophene rings is 1. The molecule has 0 unspecified atom stereocenters. The molecule has 0 aliphatic rings. The summed E-state index contributed by atoms with van der Waals surface area (Å²) in [6, 6.07) is 1.25. The molecule has 12 heavy (non-hydrogen) atoms. The number of hydrogen-bond donors (Lipinski definition) is 1. The monoisotopic (exact) mass is 189 g/mol. The predicted octanol–water partition coefficient (Wildman–Crippen LogP) is 1.13. The van der Waals surface area contributed by atoms with E-state index >= 15 is 0 Å². The average Bonchev–Trinajstić information content (AvgIpc) is 2.45. The van der Waals surface area contributed by atoms with Gasteiger partial charge in [-0.2, -0.15) is 4.39 Å². The van der Waals surface area contributed by atoms with Crippen molar-refractivity contribution in [2.24, 2.45) is 5.73 Å². The Morgan fingerprint density at radius 3 is 3.00 bits per heavy atom. The number of methoxy groups -OCH3 is 1. The Morgan fingerprint density at radius 1 is 1.83 bits per heavy atom. The zero-order chi connectivity index (χ0) is 9.14. The highest BCUT2D eigenvalue weighted by Gasteiger charge is 2.15. The van der Waals surface area contributed by atoms with Crippen LogP contribution < -0.4 is 5.73 Å². The molecule has 0 radical (unpaired) electrons. The van der Waals surface area contributed by atoms with Crippen molar-refractivity contribution < 1.29 is 13.9 Å². The maximum absolute atomic E-state index is 12.6. The number of carbonyl (C=O) groups excluding carboxylic acids is 1. The van der Waals surface area contributed by atoms with Gasteiger partial charge in [-0.15, -0.1) is 0 Å². The minimum Gasteiger partial charge on any atom is -0.465 e. The van der Waals surface area contributed by atoms with Gasteiger partial charge in [-0.3, -0.25) is 0 Å². The first-order valence-corrected chi connectivity index (χ1v) is 4.07. The summed E-state index contributed by atoms with van der Waals surface area (Å²) in [6.07, 6.45) is 0. The molecule has 0 amide bonds. The smallest absolute Gasteiger partial charge is 0.348 e. The molecule has 1 heterocycles. The lowest BCUT2D eigenvalue weighted by Gasteiger charge is -1.96. The van der Waals surface area contributed by atoms with Gasteiger partial charge in [-0.25, -0.2) is 4.79 Å². The molecular weight excluding hydrogens is 181 g/mol. The van der Waals surface area contributed by atoms with Crippen LogP contribution in [0.2, 0.25) is 0 Å². The van der Waals surface area contributed by atoms with Crippen molar-refractivity contribution in [1.82, 2.24) is 0 Å². The van der Waals surface area contributed by atoms with Gasteiger partial charge in [0.2, 0.25) is 0 Å². The molecule has 1 rings (SSSR count). The molecule has 0 aliphatic heterocycles. The van der Waals surface area contributed by atoms with Gasteiger partial charge >= 0.3 is 5.97 Å². The van der Waals surface area contributed by atoms with Crippen LogP contribution in [-0.2, 0) is 11.3 Å². The quantitative estimate of drug-likeness (QED) is 0.709. The molecule has 66 valence electrons. The van der Waals surface area contributed by atoms with E-state index in [1.165, 1.54) is 13.2 Å². The van der Waals surface area contributed by atoms with E-state index in [0.717, 1.165) is 11.3 Å². The number of hydrogen-bond acceptors (Lipinski definition) is 4. The average molecular weight is 189 g/mol. The fraction of sp³-hybridized carbons (Fsp3) is 0.286. The molecule has 0 aromatic carbocycles. The fourth-order valence-corrected chi connectivity index (χ4v) is 1.65. The third-order valence-electron chi connectivity index (χ3n) is 1.37. The van der Waals surface area contributed by atoms with Gasteiger partial charge < -0.3 is 10.5 Å². The van der Waals surface area contributed by atoms with Crippen LogP contribution in [0.25, 0.3) is 0 Å². The Hall–Kier alpha value is -0.940. The Kier molecular flexibility index (Phi) is 2.78. The van der Waals surface area contributed by atoms with E-state index in [0.29, 0.717) is 5.56 Å². The highest BCUT2D eigenvalue weighted by atomic mass is 32.1. The summed E-state index contributed by atoms with van der Waals surface area (Å²) < 4.78 is 17.1. The van der Waals surface area contributed by atoms with E-state index in [4.69, 9.17) is 5.73 Å². The van der Waals surface area contributed by atoms with Crippen LogP contribution in [0.4, 0.5) is 4.39 Å². The number of esters is 1. The van der Waals surface area contributed by atoms with Gasteiger partial charge in [0, 0.05) is 6.54 Å². The Labute approximate surface area is 72.9 Å². The summed E-state index contributed by atoms with van der Waals surface area (Å²) in [4.78, 5) is 11.2. The molecule has 0 saturated heterocycles. The summed E-state index contributed by atoms with van der Waals surface area (Å²) in [5.41, 5.74) is 5.78. The maximum atomic E-state index is 12.6. The van der Waals surface area contributed by atoms with Crippen LogP contribution in [-0.4, -0.2) is 13.1 Å². The first-order chi connectivity index (χ1) is 5.69. The van der Waals surface area contributed by atoms with Gasteiger partial charge in [0.15, 0.2) is 5.13 Å². The van der Waals surface area contributed by atoms with Gasteiger partial charge in [0.1, 0.15) is 4.88 Å². The lowest BCUT2D eigenvalue weighted by molar-refractivity contribution is 0.0605. The minimum atomic E-state index is -0.538. The summed E-state index contributed by atoms with van der Waals surface area (Å²) in [6.45, 7) is 0.144. The second-order valence-corrected chi connectivity index (χ2v) is 3.10. The maximum Gasteiger partial charge on any atom is 0.348 e. The lowest BCUT2D eigenvalue weighted by Crippen LogP contribution is -2.05. The number of ether oxygens (including phenoxy) is 1. The van der Waals surface area contributed by atoms with Crippen molar-refractivity contribution in [3.05, 3.63) is 21.6 Å². The Bertz CT molecular complexity index is 298. The van der Waals surface area contributed by atoms with Crippen molar-refractivity contribution in [1.29, 1.82) is 0 Å². The SMILES string of the molecule is COC(=O)c1sc(F)cc1CN. The van der Waals surface area contributed by atoms with E-state index in [1.807, 2.05) is 0 Å². The molecule has 0 atom stereocenters. The second-order valence-electron chi connectivity index (χ2n) is 2.10. The molecule has 0 bridgehead atoms. The van der Waals surface area contributed by atoms with Gasteiger partial charge in [0.05, 0.1) is 7.11 Å². The summed E-state index contributed by atoms with van der Waals surface area (Å²) in [5, 5.41) is -0.421. The molecule has 0 aliphatic carbocycles. The van der Waals surface area contributed by atoms with Crippen LogP contribution in [0.3, 0.4) is 0 Å². The Morgan fingerprint density at radius 2 is 2.50 bits per heavy atom. The Balaban J connectivity index is 3.04. The van der Waals surface area contributed by atoms with Crippen molar-refractivity contribution in [3.63, 3.8) is 0 Å². The first kappa shape index (κ1) is 9.15. The van der Waals surface area contributed by atoms with E-state index < -0.39 is 11.1 Å². The van der Waals surface area contributed by atoms with Crippen molar-refractivity contribution in [3.8, 4) is 0 Å². The van der Waals surface area contributed by atoms with Gasteiger partial charge in [0.25, 0.3) is 0 Å². The molecular formula is C7H8FNO2S. The number of rotatable bonds is 2. The standard InChI is InChI=1S/C7H8FNO2S/c1-11-7(10)6-4(3-9)2-5(8)12-6/h2H,3,9H2,1H3. The predicted molar refractivity (Wildman–Crippen MR) is 43.5 cm³/mol. The molecule has 1 aromatic heterocycles. The van der Waals surface area contributed by atoms with Crippen molar-refractivity contribution in [2.45, 2.75) is 6.54 Å². The van der Waals surface area contributed by atoms with Gasteiger partial charge in [-0.1, -0.05) is 11.3 Å². The normalized spacial score (nSPS) is 9.92. The number of carbonyl (C=O) groups is 1. The summed E-state index contributed by atoms with van der Waals surface area (Å²) >= 11 is 0.750. The zero-order valence-corrected chi connectivity index (χ0v) is 7.28. The minimum absolute atomic E-state index is 0.144. The largest absolute Gasteiger partial charge is 0.465 e. The van der Waals surface area contributed by atoms with E-state index in [-0.39, 0.29) is 11.4 Å². The molecule has 0 saturated carbocycles. The fourth-order valence-electron chi connectivity index (χ4n) is 0.812. The van der Waals surface area contributed by atoms with Crippen LogP contribution in [0.1, 0.15) is 15.2 Å². The van der Waals surface area contributed by atoms with E-state index in [9.17, 15) is 9.18 Å². The van der Waals surface area contributed by atoms with Crippen LogP contribution in [0.5, 0.6) is 0 Å². The molecule has 3 nitrogen and oxygen atoms in total.